The van der Waals surface area contributed by atoms with Crippen molar-refractivity contribution in [3.63, 3.8) is 0 Å². The van der Waals surface area contributed by atoms with Gasteiger partial charge in [0.25, 0.3) is 0 Å². The summed E-state index contributed by atoms with van der Waals surface area (Å²) in [5, 5.41) is 0. The monoisotopic (exact) mass is 348 g/mol. The van der Waals surface area contributed by atoms with Crippen LogP contribution in [-0.4, -0.2) is 11.9 Å². The van der Waals surface area contributed by atoms with Crippen molar-refractivity contribution in [1.29, 1.82) is 0 Å². The number of halogens is 3. The summed E-state index contributed by atoms with van der Waals surface area (Å²) in [6.45, 7) is 2.03. The fourth-order valence-corrected chi connectivity index (χ4v) is 3.51. The van der Waals surface area contributed by atoms with Gasteiger partial charge in [-0.1, -0.05) is 36.4 Å². The number of carbonyl (C=O) groups excluding carboxylic acids is 1. The molecule has 0 fully saturated rings. The van der Waals surface area contributed by atoms with E-state index < -0.39 is 23.6 Å². The van der Waals surface area contributed by atoms with Gasteiger partial charge in [-0.15, -0.1) is 0 Å². The van der Waals surface area contributed by atoms with Gasteiger partial charge in [-0.3, -0.25) is 4.79 Å². The predicted molar refractivity (Wildman–Crippen MR) is 90.1 cm³/mol. The highest BCUT2D eigenvalue weighted by Crippen LogP contribution is 2.40. The first-order valence-electron chi connectivity index (χ1n) is 8.09. The molecule has 132 valence electrons. The van der Waals surface area contributed by atoms with E-state index >= 15 is 0 Å². The molecule has 0 radical (unpaired) electrons. The first kappa shape index (κ1) is 17.3. The number of amides is 1. The average Bonchev–Trinajstić information content (AvgIpc) is 2.56. The smallest absolute Gasteiger partial charge is 0.369 e. The van der Waals surface area contributed by atoms with Crippen molar-refractivity contribution in [1.82, 2.24) is 0 Å². The van der Waals surface area contributed by atoms with Crippen molar-refractivity contribution < 1.29 is 18.0 Å². The van der Waals surface area contributed by atoms with Gasteiger partial charge >= 0.3 is 6.18 Å². The summed E-state index contributed by atoms with van der Waals surface area (Å²) in [6, 6.07) is 12.8. The lowest BCUT2D eigenvalue weighted by Crippen LogP contribution is -2.41. The minimum atomic E-state index is -4.40. The highest BCUT2D eigenvalue weighted by molar-refractivity contribution is 5.85. The van der Waals surface area contributed by atoms with E-state index in [2.05, 4.69) is 0 Å². The molecule has 3 nitrogen and oxygen atoms in total. The highest BCUT2D eigenvalue weighted by Gasteiger charge is 2.36. The maximum Gasteiger partial charge on any atom is 0.416 e. The maximum atomic E-state index is 13.3. The van der Waals surface area contributed by atoms with Crippen LogP contribution in [0.4, 0.5) is 18.9 Å². The van der Waals surface area contributed by atoms with Gasteiger partial charge in [-0.05, 0) is 36.6 Å². The third-order valence-corrected chi connectivity index (χ3v) is 4.74. The summed E-state index contributed by atoms with van der Waals surface area (Å²) in [6.07, 6.45) is -3.91. The van der Waals surface area contributed by atoms with E-state index in [-0.39, 0.29) is 18.2 Å². The van der Waals surface area contributed by atoms with Crippen LogP contribution in [-0.2, 0) is 17.5 Å². The van der Waals surface area contributed by atoms with Crippen LogP contribution in [0.3, 0.4) is 0 Å². The SMILES string of the molecule is C[C@@H]1C[C@@H](C(N)=O)c2ccccc2N1Cc1ccccc1C(F)(F)F. The van der Waals surface area contributed by atoms with E-state index in [9.17, 15) is 18.0 Å². The molecule has 0 aliphatic carbocycles. The van der Waals surface area contributed by atoms with Crippen molar-refractivity contribution in [2.75, 3.05) is 4.90 Å². The Morgan fingerprint density at radius 1 is 1.16 bits per heavy atom. The maximum absolute atomic E-state index is 13.3. The lowest BCUT2D eigenvalue weighted by Gasteiger charge is -2.40. The third kappa shape index (κ3) is 3.34. The lowest BCUT2D eigenvalue weighted by molar-refractivity contribution is -0.138. The molecule has 0 saturated heterocycles. The summed E-state index contributed by atoms with van der Waals surface area (Å²) in [7, 11) is 0. The second-order valence-corrected chi connectivity index (χ2v) is 6.38. The third-order valence-electron chi connectivity index (χ3n) is 4.74. The predicted octanol–water partition coefficient (Wildman–Crippen LogP) is 4.07. The van der Waals surface area contributed by atoms with Crippen LogP contribution in [0.2, 0.25) is 0 Å². The molecule has 1 amide bonds. The Morgan fingerprint density at radius 3 is 2.48 bits per heavy atom. The van der Waals surface area contributed by atoms with Crippen molar-refractivity contribution in [2.24, 2.45) is 5.73 Å². The Bertz CT molecular complexity index is 788. The molecule has 0 aromatic heterocycles. The van der Waals surface area contributed by atoms with Gasteiger partial charge in [0, 0.05) is 18.3 Å². The zero-order valence-corrected chi connectivity index (χ0v) is 13.8. The molecule has 1 heterocycles. The van der Waals surface area contributed by atoms with E-state index in [1.165, 1.54) is 12.1 Å². The summed E-state index contributed by atoms with van der Waals surface area (Å²) in [5.74, 6) is -0.824. The topological polar surface area (TPSA) is 46.3 Å². The van der Waals surface area contributed by atoms with Crippen LogP contribution >= 0.6 is 0 Å². The van der Waals surface area contributed by atoms with Gasteiger partial charge in [0.2, 0.25) is 5.91 Å². The van der Waals surface area contributed by atoms with Crippen molar-refractivity contribution >= 4 is 11.6 Å². The van der Waals surface area contributed by atoms with Crippen LogP contribution < -0.4 is 10.6 Å². The molecule has 3 rings (SSSR count). The van der Waals surface area contributed by atoms with Crippen LogP contribution in [0.25, 0.3) is 0 Å². The summed E-state index contributed by atoms with van der Waals surface area (Å²) >= 11 is 0. The average molecular weight is 348 g/mol. The van der Waals surface area contributed by atoms with Crippen LogP contribution in [0.5, 0.6) is 0 Å². The second-order valence-electron chi connectivity index (χ2n) is 6.38. The highest BCUT2D eigenvalue weighted by atomic mass is 19.4. The number of hydrogen-bond acceptors (Lipinski definition) is 2. The van der Waals surface area contributed by atoms with Gasteiger partial charge in [-0.2, -0.15) is 13.2 Å². The molecule has 0 saturated carbocycles. The molecule has 0 bridgehead atoms. The van der Waals surface area contributed by atoms with E-state index in [4.69, 9.17) is 5.73 Å². The molecule has 2 aromatic carbocycles. The Hall–Kier alpha value is -2.50. The second kappa shape index (κ2) is 6.43. The first-order valence-corrected chi connectivity index (χ1v) is 8.09. The Kier molecular flexibility index (Phi) is 4.45. The lowest BCUT2D eigenvalue weighted by atomic mass is 9.85. The number of carbonyl (C=O) groups is 1. The normalized spacial score (nSPS) is 20.2. The number of anilines is 1. The minimum Gasteiger partial charge on any atom is -0.369 e. The Morgan fingerprint density at radius 2 is 1.80 bits per heavy atom. The van der Waals surface area contributed by atoms with E-state index in [1.54, 1.807) is 6.07 Å². The number of para-hydroxylation sites is 1. The molecule has 2 atom stereocenters. The fraction of sp³-hybridized carbons (Fsp3) is 0.316. The number of benzene rings is 2. The number of fused-ring (bicyclic) bond motifs is 1. The summed E-state index contributed by atoms with van der Waals surface area (Å²) in [4.78, 5) is 13.7. The van der Waals surface area contributed by atoms with Gasteiger partial charge < -0.3 is 10.6 Å². The fourth-order valence-electron chi connectivity index (χ4n) is 3.51. The molecule has 0 spiro atoms. The van der Waals surface area contributed by atoms with Crippen LogP contribution in [0, 0.1) is 0 Å². The van der Waals surface area contributed by atoms with Gasteiger partial charge in [0.05, 0.1) is 11.5 Å². The minimum absolute atomic E-state index is 0.103. The molecule has 2 aromatic rings. The summed E-state index contributed by atoms with van der Waals surface area (Å²) in [5.41, 5.74) is 6.65. The Balaban J connectivity index is 2.01. The largest absolute Gasteiger partial charge is 0.416 e. The molecular weight excluding hydrogens is 329 g/mol. The number of rotatable bonds is 3. The van der Waals surface area contributed by atoms with Crippen molar-refractivity contribution in [2.45, 2.75) is 38.0 Å². The number of primary amides is 1. The molecule has 6 heteroatoms. The van der Waals surface area contributed by atoms with Crippen molar-refractivity contribution in [3.05, 3.63) is 65.2 Å². The molecule has 1 aliphatic rings. The van der Waals surface area contributed by atoms with E-state index in [0.29, 0.717) is 6.42 Å². The van der Waals surface area contributed by atoms with Gasteiger partial charge in [0.1, 0.15) is 0 Å². The first-order chi connectivity index (χ1) is 11.8. The molecular formula is C19H19F3N2O. The van der Waals surface area contributed by atoms with E-state index in [1.807, 2.05) is 36.1 Å². The van der Waals surface area contributed by atoms with E-state index in [0.717, 1.165) is 17.3 Å². The zero-order valence-electron chi connectivity index (χ0n) is 13.8. The van der Waals surface area contributed by atoms with Crippen molar-refractivity contribution in [3.8, 4) is 0 Å². The number of alkyl halides is 3. The molecule has 0 unspecified atom stereocenters. The Labute approximate surface area is 144 Å². The van der Waals surface area contributed by atoms with Crippen LogP contribution in [0.1, 0.15) is 36.0 Å². The number of nitrogens with zero attached hydrogens (tertiary/aromatic N) is 1. The zero-order chi connectivity index (χ0) is 18.2. The molecule has 25 heavy (non-hydrogen) atoms. The molecule has 2 N–H and O–H groups in total. The van der Waals surface area contributed by atoms with Crippen LogP contribution in [0.15, 0.2) is 48.5 Å². The standard InChI is InChI=1S/C19H19F3N2O/c1-12-10-15(18(23)25)14-7-3-5-9-17(14)24(12)11-13-6-2-4-8-16(13)19(20,21)22/h2-9,12,15H,10-11H2,1H3,(H2,23,25)/t12-,15-/m1/s1. The summed E-state index contributed by atoms with van der Waals surface area (Å²) < 4.78 is 39.9. The van der Waals surface area contributed by atoms with Gasteiger partial charge in [-0.25, -0.2) is 0 Å². The van der Waals surface area contributed by atoms with Gasteiger partial charge in [0.15, 0.2) is 0 Å². The quantitative estimate of drug-likeness (QED) is 0.909. The number of nitrogens with two attached hydrogens (primary N) is 1. The molecule has 1 aliphatic heterocycles. The number of hydrogen-bond donors (Lipinski definition) is 1.